The first-order valence-electron chi connectivity index (χ1n) is 10.3. The maximum absolute atomic E-state index is 12.5. The number of likely N-dealkylation sites (tertiary alicyclic amines) is 2. The first kappa shape index (κ1) is 20.8. The quantitative estimate of drug-likeness (QED) is 0.754. The van der Waals surface area contributed by atoms with Gasteiger partial charge in [-0.3, -0.25) is 14.5 Å². The summed E-state index contributed by atoms with van der Waals surface area (Å²) >= 11 is 0. The van der Waals surface area contributed by atoms with Gasteiger partial charge in [-0.15, -0.1) is 0 Å². The monoisotopic (exact) mass is 387 g/mol. The zero-order valence-electron chi connectivity index (χ0n) is 17.3. The van der Waals surface area contributed by atoms with Crippen LogP contribution in [0, 0.1) is 6.92 Å². The lowest BCUT2D eigenvalue weighted by atomic mass is 10.0. The first-order chi connectivity index (χ1) is 13.5. The molecule has 2 aliphatic rings. The van der Waals surface area contributed by atoms with Crippen LogP contribution >= 0.6 is 0 Å². The van der Waals surface area contributed by atoms with Gasteiger partial charge in [0.1, 0.15) is 6.04 Å². The molecule has 0 aliphatic carbocycles. The number of nitrogens with one attached hydrogen (secondary N) is 1. The molecule has 6 nitrogen and oxygen atoms in total. The predicted octanol–water partition coefficient (Wildman–Crippen LogP) is 1.75. The second-order valence-electron chi connectivity index (χ2n) is 8.26. The van der Waals surface area contributed by atoms with Gasteiger partial charge < -0.3 is 15.0 Å². The number of hydrogen-bond acceptors (Lipinski definition) is 5. The maximum Gasteiger partial charge on any atom is 0.323 e. The van der Waals surface area contributed by atoms with Gasteiger partial charge in [-0.05, 0) is 58.3 Å². The van der Waals surface area contributed by atoms with Crippen molar-refractivity contribution < 1.29 is 14.3 Å². The average Bonchev–Trinajstić information content (AvgIpc) is 3.11. The molecule has 28 heavy (non-hydrogen) atoms. The van der Waals surface area contributed by atoms with Crippen LogP contribution in [0.5, 0.6) is 0 Å². The number of ether oxygens (including phenoxy) is 1. The fourth-order valence-corrected chi connectivity index (χ4v) is 4.38. The Morgan fingerprint density at radius 1 is 1.18 bits per heavy atom. The third-order valence-corrected chi connectivity index (χ3v) is 6.10. The molecule has 2 atom stereocenters. The highest BCUT2D eigenvalue weighted by Gasteiger charge is 2.42. The van der Waals surface area contributed by atoms with Crippen molar-refractivity contribution in [3.63, 3.8) is 0 Å². The zero-order valence-corrected chi connectivity index (χ0v) is 17.3. The number of aryl methyl sites for hydroxylation is 2. The lowest BCUT2D eigenvalue weighted by Gasteiger charge is -2.37. The van der Waals surface area contributed by atoms with E-state index >= 15 is 0 Å². The van der Waals surface area contributed by atoms with Crippen LogP contribution in [0.4, 0.5) is 0 Å². The molecule has 0 radical (unpaired) electrons. The van der Waals surface area contributed by atoms with Crippen molar-refractivity contribution in [1.29, 1.82) is 0 Å². The number of methoxy groups -OCH3 is 1. The molecule has 1 N–H and O–H groups in total. The van der Waals surface area contributed by atoms with E-state index < -0.39 is 0 Å². The number of esters is 1. The molecule has 2 heterocycles. The Hall–Kier alpha value is -1.92. The standard InChI is InChI=1S/C22H33N3O3/c1-16-4-6-17(7-5-16)8-9-21(26)23-18-14-20(22(27)28-3)25(15-18)19-10-12-24(2)13-11-19/h4-7,18-20H,8-15H2,1-3H3,(H,23,26)/t18-,20+/m1/s1. The number of carbonyl (C=O) groups is 2. The Balaban J connectivity index is 1.54. The van der Waals surface area contributed by atoms with Crippen LogP contribution < -0.4 is 5.32 Å². The van der Waals surface area contributed by atoms with Gasteiger partial charge in [0.15, 0.2) is 0 Å². The minimum atomic E-state index is -0.249. The molecule has 1 aromatic rings. The molecule has 2 aliphatic heterocycles. The number of carbonyl (C=O) groups excluding carboxylic acids is 2. The van der Waals surface area contributed by atoms with Gasteiger partial charge in [0.2, 0.25) is 5.91 Å². The van der Waals surface area contributed by atoms with Crippen LogP contribution in [-0.2, 0) is 20.7 Å². The van der Waals surface area contributed by atoms with Crippen molar-refractivity contribution in [2.24, 2.45) is 0 Å². The molecular weight excluding hydrogens is 354 g/mol. The normalized spacial score (nSPS) is 24.2. The molecule has 6 heteroatoms. The SMILES string of the molecule is COC(=O)[C@@H]1C[C@@H](NC(=O)CCc2ccc(C)cc2)CN1C1CCN(C)CC1. The second kappa shape index (κ2) is 9.52. The van der Waals surface area contributed by atoms with Gasteiger partial charge in [-0.25, -0.2) is 0 Å². The largest absolute Gasteiger partial charge is 0.468 e. The molecule has 154 valence electrons. The van der Waals surface area contributed by atoms with Gasteiger partial charge in [0, 0.05) is 25.0 Å². The highest BCUT2D eigenvalue weighted by molar-refractivity contribution is 5.78. The summed E-state index contributed by atoms with van der Waals surface area (Å²) in [6, 6.07) is 8.44. The first-order valence-corrected chi connectivity index (χ1v) is 10.3. The van der Waals surface area contributed by atoms with Crippen LogP contribution in [0.2, 0.25) is 0 Å². The van der Waals surface area contributed by atoms with E-state index in [1.165, 1.54) is 18.2 Å². The number of hydrogen-bond donors (Lipinski definition) is 1. The van der Waals surface area contributed by atoms with Crippen molar-refractivity contribution in [2.45, 2.75) is 57.2 Å². The Labute approximate surface area is 168 Å². The number of amides is 1. The summed E-state index contributed by atoms with van der Waals surface area (Å²) in [7, 11) is 3.58. The molecule has 0 spiro atoms. The molecule has 1 amide bonds. The van der Waals surface area contributed by atoms with Crippen LogP contribution in [-0.4, -0.2) is 73.6 Å². The molecule has 0 bridgehead atoms. The summed E-state index contributed by atoms with van der Waals surface area (Å²) in [5, 5.41) is 3.15. The third-order valence-electron chi connectivity index (χ3n) is 6.10. The number of rotatable bonds is 6. The van der Waals surface area contributed by atoms with E-state index in [0.717, 1.165) is 38.9 Å². The average molecular weight is 388 g/mol. The lowest BCUT2D eigenvalue weighted by Crippen LogP contribution is -2.49. The minimum Gasteiger partial charge on any atom is -0.468 e. The Morgan fingerprint density at radius 2 is 1.86 bits per heavy atom. The minimum absolute atomic E-state index is 0.00859. The smallest absolute Gasteiger partial charge is 0.323 e. The van der Waals surface area contributed by atoms with Gasteiger partial charge >= 0.3 is 5.97 Å². The number of benzene rings is 1. The fourth-order valence-electron chi connectivity index (χ4n) is 4.38. The van der Waals surface area contributed by atoms with E-state index in [-0.39, 0.29) is 24.0 Å². The third kappa shape index (κ3) is 5.32. The lowest BCUT2D eigenvalue weighted by molar-refractivity contribution is -0.147. The Morgan fingerprint density at radius 3 is 2.50 bits per heavy atom. The van der Waals surface area contributed by atoms with E-state index in [2.05, 4.69) is 53.4 Å². The molecule has 2 fully saturated rings. The van der Waals surface area contributed by atoms with Crippen molar-refractivity contribution in [3.8, 4) is 0 Å². The molecule has 1 aromatic carbocycles. The van der Waals surface area contributed by atoms with Crippen molar-refractivity contribution in [1.82, 2.24) is 15.1 Å². The predicted molar refractivity (Wildman–Crippen MR) is 109 cm³/mol. The second-order valence-corrected chi connectivity index (χ2v) is 8.26. The number of piperidine rings is 1. The van der Waals surface area contributed by atoms with Gasteiger partial charge in [0.05, 0.1) is 7.11 Å². The summed E-state index contributed by atoms with van der Waals surface area (Å²) in [6.07, 6.45) is 3.94. The van der Waals surface area contributed by atoms with Gasteiger partial charge in [-0.1, -0.05) is 29.8 Å². The summed E-state index contributed by atoms with van der Waals surface area (Å²) in [4.78, 5) is 29.4. The Kier molecular flexibility index (Phi) is 7.08. The fraction of sp³-hybridized carbons (Fsp3) is 0.636. The molecule has 0 aromatic heterocycles. The van der Waals surface area contributed by atoms with Gasteiger partial charge in [-0.2, -0.15) is 0 Å². The van der Waals surface area contributed by atoms with E-state index in [1.54, 1.807) is 0 Å². The zero-order chi connectivity index (χ0) is 20.1. The summed E-state index contributed by atoms with van der Waals surface area (Å²) in [5.74, 6) is -0.130. The molecule has 0 unspecified atom stereocenters. The Bertz CT molecular complexity index is 668. The van der Waals surface area contributed by atoms with E-state index in [4.69, 9.17) is 4.74 Å². The topological polar surface area (TPSA) is 61.9 Å². The highest BCUT2D eigenvalue weighted by Crippen LogP contribution is 2.27. The number of nitrogens with zero attached hydrogens (tertiary/aromatic N) is 2. The summed E-state index contributed by atoms with van der Waals surface area (Å²) in [5.41, 5.74) is 2.40. The highest BCUT2D eigenvalue weighted by atomic mass is 16.5. The van der Waals surface area contributed by atoms with E-state index in [0.29, 0.717) is 18.9 Å². The molecule has 0 saturated carbocycles. The van der Waals surface area contributed by atoms with Gasteiger partial charge in [0.25, 0.3) is 0 Å². The molecular formula is C22H33N3O3. The summed E-state index contributed by atoms with van der Waals surface area (Å²) < 4.78 is 5.04. The van der Waals surface area contributed by atoms with Crippen LogP contribution in [0.25, 0.3) is 0 Å². The van der Waals surface area contributed by atoms with Crippen molar-refractivity contribution in [2.75, 3.05) is 33.8 Å². The van der Waals surface area contributed by atoms with Crippen molar-refractivity contribution in [3.05, 3.63) is 35.4 Å². The summed E-state index contributed by atoms with van der Waals surface area (Å²) in [6.45, 7) is 4.88. The van der Waals surface area contributed by atoms with E-state index in [9.17, 15) is 9.59 Å². The van der Waals surface area contributed by atoms with Crippen LogP contribution in [0.15, 0.2) is 24.3 Å². The molecule has 2 saturated heterocycles. The molecule has 3 rings (SSSR count). The van der Waals surface area contributed by atoms with Crippen LogP contribution in [0.3, 0.4) is 0 Å². The van der Waals surface area contributed by atoms with Crippen molar-refractivity contribution >= 4 is 11.9 Å². The van der Waals surface area contributed by atoms with Crippen LogP contribution in [0.1, 0.15) is 36.8 Å². The maximum atomic E-state index is 12.5. The van der Waals surface area contributed by atoms with E-state index in [1.807, 2.05) is 0 Å².